The van der Waals surface area contributed by atoms with Crippen molar-refractivity contribution in [2.45, 2.75) is 0 Å². The maximum Gasteiger partial charge on any atom is 0.164 e. The number of para-hydroxylation sites is 1. The van der Waals surface area contributed by atoms with E-state index in [9.17, 15) is 0 Å². The number of rotatable bonds is 5. The van der Waals surface area contributed by atoms with Crippen molar-refractivity contribution in [3.63, 3.8) is 0 Å². The second-order valence-corrected chi connectivity index (χ2v) is 17.0. The summed E-state index contributed by atoms with van der Waals surface area (Å²) < 4.78 is 8.85. The fraction of sp³-hybridized carbons (Fsp3) is 0. The highest BCUT2D eigenvalue weighted by molar-refractivity contribution is 7.25. The lowest BCUT2D eigenvalue weighted by atomic mass is 9.92. The van der Waals surface area contributed by atoms with Crippen LogP contribution in [-0.2, 0) is 0 Å². The molecule has 3 aromatic heterocycles. The first-order chi connectivity index (χ1) is 30.7. The van der Waals surface area contributed by atoms with Crippen LogP contribution in [0.1, 0.15) is 0 Å². The van der Waals surface area contributed by atoms with Crippen LogP contribution in [0.4, 0.5) is 0 Å². The zero-order valence-electron chi connectivity index (χ0n) is 33.2. The highest BCUT2D eigenvalue weighted by Gasteiger charge is 2.19. The smallest absolute Gasteiger partial charge is 0.164 e. The number of thiophene rings is 1. The Morgan fingerprint density at radius 3 is 1.73 bits per heavy atom. The van der Waals surface area contributed by atoms with E-state index >= 15 is 0 Å². The molecule has 5 heteroatoms. The number of hydrogen-bond acceptors (Lipinski definition) is 5. The molecule has 10 aromatic carbocycles. The Morgan fingerprint density at radius 1 is 0.290 bits per heavy atom. The van der Waals surface area contributed by atoms with E-state index in [2.05, 4.69) is 188 Å². The molecular formula is C57H33N3OS. The van der Waals surface area contributed by atoms with Crippen LogP contribution in [0.5, 0.6) is 0 Å². The van der Waals surface area contributed by atoms with Crippen molar-refractivity contribution in [1.82, 2.24) is 15.0 Å². The molecule has 3 heterocycles. The lowest BCUT2D eigenvalue weighted by molar-refractivity contribution is 0.669. The molecule has 62 heavy (non-hydrogen) atoms. The van der Waals surface area contributed by atoms with Crippen LogP contribution < -0.4 is 0 Å². The standard InChI is InChI=1S/C57H33N3OS/c1-2-12-34(13-3-1)39-18-10-22-41-40(39)21-11-23-47(41)57-59-55(58-56(60-57)38-28-29-46-45-17-5-7-25-53(45)62-54(46)32-38)37-27-26-35-14-8-19-42(48(35)31-37)43-20-9-15-36-30-50-44-16-4-6-24-51(44)61-52(50)33-49(36)43/h1-33H. The van der Waals surface area contributed by atoms with E-state index in [1.165, 1.54) is 36.7 Å². The van der Waals surface area contributed by atoms with Gasteiger partial charge >= 0.3 is 0 Å². The van der Waals surface area contributed by atoms with Crippen LogP contribution in [0.15, 0.2) is 205 Å². The normalized spacial score (nSPS) is 11.9. The van der Waals surface area contributed by atoms with Gasteiger partial charge in [-0.05, 0) is 91.0 Å². The van der Waals surface area contributed by atoms with Gasteiger partial charge in [0.25, 0.3) is 0 Å². The van der Waals surface area contributed by atoms with Crippen molar-refractivity contribution in [3.8, 4) is 56.4 Å². The van der Waals surface area contributed by atoms with Crippen LogP contribution in [-0.4, -0.2) is 15.0 Å². The van der Waals surface area contributed by atoms with E-state index in [1.54, 1.807) is 11.3 Å². The molecule has 288 valence electrons. The fourth-order valence-electron chi connectivity index (χ4n) is 9.37. The quantitative estimate of drug-likeness (QED) is 0.174. The molecule has 0 radical (unpaired) electrons. The molecular weight excluding hydrogens is 775 g/mol. The van der Waals surface area contributed by atoms with Gasteiger partial charge in [0.05, 0.1) is 0 Å². The van der Waals surface area contributed by atoms with Crippen molar-refractivity contribution in [1.29, 1.82) is 0 Å². The average molecular weight is 808 g/mol. The van der Waals surface area contributed by atoms with Crippen LogP contribution >= 0.6 is 11.3 Å². The zero-order chi connectivity index (χ0) is 40.7. The first-order valence-corrected chi connectivity index (χ1v) is 21.6. The molecule has 0 unspecified atom stereocenters. The maximum absolute atomic E-state index is 6.38. The number of furan rings is 1. The molecule has 0 N–H and O–H groups in total. The van der Waals surface area contributed by atoms with Crippen LogP contribution in [0.25, 0.3) is 131 Å². The predicted octanol–water partition coefficient (Wildman–Crippen LogP) is 15.9. The maximum atomic E-state index is 6.38. The number of nitrogens with zero attached hydrogens (tertiary/aromatic N) is 3. The Bertz CT molecular complexity index is 3940. The summed E-state index contributed by atoms with van der Waals surface area (Å²) in [6.07, 6.45) is 0. The summed E-state index contributed by atoms with van der Waals surface area (Å²) in [5.74, 6) is 1.89. The van der Waals surface area contributed by atoms with Crippen molar-refractivity contribution in [2.24, 2.45) is 0 Å². The van der Waals surface area contributed by atoms with E-state index in [0.29, 0.717) is 17.5 Å². The van der Waals surface area contributed by atoms with Crippen molar-refractivity contribution in [3.05, 3.63) is 200 Å². The molecule has 0 aliphatic rings. The first-order valence-electron chi connectivity index (χ1n) is 20.8. The van der Waals surface area contributed by atoms with E-state index in [1.807, 2.05) is 12.1 Å². The fourth-order valence-corrected chi connectivity index (χ4v) is 10.5. The van der Waals surface area contributed by atoms with E-state index in [4.69, 9.17) is 19.4 Å². The van der Waals surface area contributed by atoms with Gasteiger partial charge in [-0.15, -0.1) is 11.3 Å². The lowest BCUT2D eigenvalue weighted by Crippen LogP contribution is -2.01. The molecule has 0 aliphatic carbocycles. The van der Waals surface area contributed by atoms with Crippen molar-refractivity contribution in [2.75, 3.05) is 0 Å². The Morgan fingerprint density at radius 2 is 0.887 bits per heavy atom. The van der Waals surface area contributed by atoms with Gasteiger partial charge in [0.15, 0.2) is 17.5 Å². The summed E-state index contributed by atoms with van der Waals surface area (Å²) in [5.41, 5.74) is 9.24. The topological polar surface area (TPSA) is 51.8 Å². The Hall–Kier alpha value is -7.99. The minimum absolute atomic E-state index is 0.622. The number of hydrogen-bond donors (Lipinski definition) is 0. The largest absolute Gasteiger partial charge is 0.456 e. The van der Waals surface area contributed by atoms with E-state index in [-0.39, 0.29) is 0 Å². The summed E-state index contributed by atoms with van der Waals surface area (Å²) in [5, 5.41) is 11.6. The summed E-state index contributed by atoms with van der Waals surface area (Å²) in [6, 6.07) is 71.1. The van der Waals surface area contributed by atoms with Crippen molar-refractivity contribution < 1.29 is 4.42 Å². The van der Waals surface area contributed by atoms with Gasteiger partial charge in [-0.25, -0.2) is 15.0 Å². The van der Waals surface area contributed by atoms with Gasteiger partial charge in [0.2, 0.25) is 0 Å². The second-order valence-electron chi connectivity index (χ2n) is 15.9. The molecule has 0 amide bonds. The third-order valence-corrected chi connectivity index (χ3v) is 13.5. The third-order valence-electron chi connectivity index (χ3n) is 12.3. The molecule has 0 spiro atoms. The number of aromatic nitrogens is 3. The minimum Gasteiger partial charge on any atom is -0.456 e. The minimum atomic E-state index is 0.622. The predicted molar refractivity (Wildman–Crippen MR) is 260 cm³/mol. The van der Waals surface area contributed by atoms with Crippen LogP contribution in [0.2, 0.25) is 0 Å². The van der Waals surface area contributed by atoms with E-state index in [0.717, 1.165) is 76.7 Å². The molecule has 0 saturated carbocycles. The summed E-state index contributed by atoms with van der Waals surface area (Å²) in [4.78, 5) is 15.9. The molecule has 0 aliphatic heterocycles. The first kappa shape index (κ1) is 34.8. The van der Waals surface area contributed by atoms with Gasteiger partial charge in [-0.2, -0.15) is 0 Å². The molecule has 4 nitrogen and oxygen atoms in total. The third kappa shape index (κ3) is 5.56. The Balaban J connectivity index is 1.02. The Labute approximate surface area is 360 Å². The lowest BCUT2D eigenvalue weighted by Gasteiger charge is -2.14. The molecule has 0 atom stereocenters. The van der Waals surface area contributed by atoms with Gasteiger partial charge in [0, 0.05) is 47.6 Å². The molecule has 13 rings (SSSR count). The number of fused-ring (bicyclic) bond motifs is 9. The molecule has 0 bridgehead atoms. The van der Waals surface area contributed by atoms with Crippen LogP contribution in [0, 0.1) is 0 Å². The highest BCUT2D eigenvalue weighted by Crippen LogP contribution is 2.41. The number of benzene rings is 10. The average Bonchev–Trinajstić information content (AvgIpc) is 3.90. The molecule has 0 fully saturated rings. The second kappa shape index (κ2) is 13.8. The van der Waals surface area contributed by atoms with Gasteiger partial charge in [-0.1, -0.05) is 164 Å². The van der Waals surface area contributed by atoms with E-state index < -0.39 is 0 Å². The SMILES string of the molecule is c1ccc(-c2cccc3c(-c4nc(-c5ccc6c(c5)sc5ccccc56)nc(-c5ccc6cccc(-c7cccc8cc9c(cc78)oc7ccccc79)c6c5)n4)cccc23)cc1. The molecule has 13 aromatic rings. The van der Waals surface area contributed by atoms with Gasteiger partial charge in [-0.3, -0.25) is 0 Å². The van der Waals surface area contributed by atoms with Gasteiger partial charge in [0.1, 0.15) is 11.2 Å². The zero-order valence-corrected chi connectivity index (χ0v) is 34.0. The van der Waals surface area contributed by atoms with Crippen molar-refractivity contribution >= 4 is 85.8 Å². The Kier molecular flexibility index (Phi) is 7.74. The van der Waals surface area contributed by atoms with Gasteiger partial charge < -0.3 is 4.42 Å². The summed E-state index contributed by atoms with van der Waals surface area (Å²) in [7, 11) is 0. The molecule has 0 saturated heterocycles. The highest BCUT2D eigenvalue weighted by atomic mass is 32.1. The summed E-state index contributed by atoms with van der Waals surface area (Å²) >= 11 is 1.80. The monoisotopic (exact) mass is 807 g/mol. The van der Waals surface area contributed by atoms with Crippen LogP contribution in [0.3, 0.4) is 0 Å². The summed E-state index contributed by atoms with van der Waals surface area (Å²) in [6.45, 7) is 0.